The van der Waals surface area contributed by atoms with E-state index in [9.17, 15) is 19.8 Å². The van der Waals surface area contributed by atoms with Crippen molar-refractivity contribution in [1.29, 1.82) is 0 Å². The van der Waals surface area contributed by atoms with Gasteiger partial charge in [-0.1, -0.05) is 13.3 Å². The molecule has 208 valence electrons. The van der Waals surface area contributed by atoms with E-state index in [4.69, 9.17) is 14.2 Å². The Labute approximate surface area is 222 Å². The zero-order valence-electron chi connectivity index (χ0n) is 22.7. The van der Waals surface area contributed by atoms with Gasteiger partial charge in [-0.25, -0.2) is 0 Å². The predicted octanol–water partition coefficient (Wildman–Crippen LogP) is 2.79. The number of benzene rings is 1. The van der Waals surface area contributed by atoms with Gasteiger partial charge in [0.1, 0.15) is 17.9 Å². The summed E-state index contributed by atoms with van der Waals surface area (Å²) in [7, 11) is 1.58. The number of rotatable bonds is 10. The van der Waals surface area contributed by atoms with E-state index in [0.29, 0.717) is 49.6 Å². The van der Waals surface area contributed by atoms with Gasteiger partial charge in [-0.15, -0.1) is 0 Å². The highest BCUT2D eigenvalue weighted by molar-refractivity contribution is 6.01. The number of hydrogen-bond donors (Lipinski definition) is 3. The Morgan fingerprint density at radius 1 is 1.21 bits per heavy atom. The van der Waals surface area contributed by atoms with E-state index < -0.39 is 35.4 Å². The number of unbranched alkanes of at least 4 members (excludes halogenated alkanes) is 1. The van der Waals surface area contributed by atoms with Crippen molar-refractivity contribution in [3.63, 3.8) is 0 Å². The van der Waals surface area contributed by atoms with Gasteiger partial charge in [0.15, 0.2) is 0 Å². The fourth-order valence-electron chi connectivity index (χ4n) is 6.20. The van der Waals surface area contributed by atoms with Crippen molar-refractivity contribution < 1.29 is 34.0 Å². The summed E-state index contributed by atoms with van der Waals surface area (Å²) in [6.07, 6.45) is 2.14. The molecule has 2 saturated heterocycles. The van der Waals surface area contributed by atoms with Crippen molar-refractivity contribution >= 4 is 22.7 Å². The third-order valence-electron chi connectivity index (χ3n) is 7.91. The van der Waals surface area contributed by atoms with Gasteiger partial charge < -0.3 is 34.3 Å². The first-order valence-electron chi connectivity index (χ1n) is 13.6. The summed E-state index contributed by atoms with van der Waals surface area (Å²) >= 11 is 0. The number of aliphatic hydroxyl groups is 2. The maximum atomic E-state index is 14.1. The topological polar surface area (TPSA) is 125 Å². The van der Waals surface area contributed by atoms with Gasteiger partial charge in [0.05, 0.1) is 32.0 Å². The molecule has 3 aliphatic rings. The highest BCUT2D eigenvalue weighted by Gasteiger charge is 2.66. The molecule has 10 heteroatoms. The lowest BCUT2D eigenvalue weighted by molar-refractivity contribution is -0.243. The van der Waals surface area contributed by atoms with E-state index in [2.05, 4.69) is 11.9 Å². The third kappa shape index (κ3) is 4.37. The van der Waals surface area contributed by atoms with Crippen molar-refractivity contribution in [2.45, 2.75) is 82.4 Å². The number of carbonyl (C=O) groups is 2. The summed E-state index contributed by atoms with van der Waals surface area (Å²) in [5, 5.41) is 24.0. The Kier molecular flexibility index (Phi) is 7.19. The zero-order valence-corrected chi connectivity index (χ0v) is 22.7. The largest absolute Gasteiger partial charge is 0.497 e. The Morgan fingerprint density at radius 2 is 2.00 bits per heavy atom. The molecule has 5 rings (SSSR count). The zero-order chi connectivity index (χ0) is 27.2. The molecule has 3 N–H and O–H groups in total. The van der Waals surface area contributed by atoms with Gasteiger partial charge >= 0.3 is 0 Å². The minimum absolute atomic E-state index is 0.116. The second-order valence-electron chi connectivity index (χ2n) is 11.2. The van der Waals surface area contributed by atoms with Gasteiger partial charge in [0.2, 0.25) is 5.91 Å². The summed E-state index contributed by atoms with van der Waals surface area (Å²) in [6.45, 7) is 6.83. The number of nitrogens with one attached hydrogen (secondary N) is 1. The van der Waals surface area contributed by atoms with Crippen LogP contribution in [0.5, 0.6) is 5.75 Å². The first-order valence-corrected chi connectivity index (χ1v) is 13.6. The summed E-state index contributed by atoms with van der Waals surface area (Å²) < 4.78 is 17.4. The van der Waals surface area contributed by atoms with Crippen LogP contribution in [0.3, 0.4) is 0 Å². The number of carbonyl (C=O) groups excluding carboxylic acids is 2. The van der Waals surface area contributed by atoms with Crippen LogP contribution in [0.4, 0.5) is 0 Å². The van der Waals surface area contributed by atoms with Crippen LogP contribution in [0.25, 0.3) is 10.9 Å². The molecule has 2 fully saturated rings. The first-order chi connectivity index (χ1) is 18.1. The third-order valence-corrected chi connectivity index (χ3v) is 7.91. The van der Waals surface area contributed by atoms with Crippen molar-refractivity contribution in [2.75, 3.05) is 33.5 Å². The van der Waals surface area contributed by atoms with Crippen molar-refractivity contribution in [2.24, 2.45) is 0 Å². The molecular formula is C28H39N3O7. The van der Waals surface area contributed by atoms with Crippen LogP contribution in [0.1, 0.15) is 76.3 Å². The number of ether oxygens (including phenoxy) is 3. The smallest absolute Gasteiger partial charge is 0.279 e. The van der Waals surface area contributed by atoms with Crippen LogP contribution in [0.2, 0.25) is 0 Å². The second kappa shape index (κ2) is 10.1. The maximum Gasteiger partial charge on any atom is 0.279 e. The van der Waals surface area contributed by atoms with Crippen LogP contribution in [-0.4, -0.2) is 87.7 Å². The van der Waals surface area contributed by atoms with Gasteiger partial charge in [0.25, 0.3) is 11.6 Å². The highest BCUT2D eigenvalue weighted by Crippen LogP contribution is 2.54. The molecule has 0 bridgehead atoms. The molecule has 0 spiro atoms. The number of methoxy groups -OCH3 is 1. The van der Waals surface area contributed by atoms with E-state index in [0.717, 1.165) is 23.7 Å². The van der Waals surface area contributed by atoms with Crippen molar-refractivity contribution in [3.8, 4) is 5.75 Å². The normalized spacial score (nSPS) is 27.1. The molecule has 0 unspecified atom stereocenters. The number of amides is 2. The number of H-pyrrole nitrogens is 1. The van der Waals surface area contributed by atoms with Crippen LogP contribution in [-0.2, 0) is 19.1 Å². The number of hydrogen-bond acceptors (Lipinski definition) is 7. The number of nitrogens with zero attached hydrogens (tertiary/aromatic N) is 2. The molecular weight excluding hydrogens is 490 g/mol. The summed E-state index contributed by atoms with van der Waals surface area (Å²) in [5.41, 5.74) is -1.46. The molecule has 10 nitrogen and oxygen atoms in total. The van der Waals surface area contributed by atoms with E-state index in [1.165, 1.54) is 9.80 Å². The monoisotopic (exact) mass is 529 g/mol. The predicted molar refractivity (Wildman–Crippen MR) is 139 cm³/mol. The Bertz CT molecular complexity index is 1210. The van der Waals surface area contributed by atoms with Gasteiger partial charge in [0, 0.05) is 47.8 Å². The Balaban J connectivity index is 1.66. The summed E-state index contributed by atoms with van der Waals surface area (Å²) in [6, 6.07) is 4.12. The highest BCUT2D eigenvalue weighted by atomic mass is 16.5. The summed E-state index contributed by atoms with van der Waals surface area (Å²) in [4.78, 5) is 34.2. The molecule has 1 aromatic carbocycles. The number of aromatic amines is 1. The van der Waals surface area contributed by atoms with Crippen LogP contribution in [0, 0.1) is 0 Å². The van der Waals surface area contributed by atoms with Crippen LogP contribution >= 0.6 is 0 Å². The van der Waals surface area contributed by atoms with Crippen LogP contribution in [0.15, 0.2) is 18.2 Å². The van der Waals surface area contributed by atoms with E-state index in [1.54, 1.807) is 21.0 Å². The molecule has 0 radical (unpaired) electrons. The van der Waals surface area contributed by atoms with E-state index in [1.807, 2.05) is 18.2 Å². The van der Waals surface area contributed by atoms with Crippen molar-refractivity contribution in [1.82, 2.24) is 14.8 Å². The minimum atomic E-state index is -2.26. The molecule has 4 atom stereocenters. The lowest BCUT2D eigenvalue weighted by atomic mass is 9.80. The van der Waals surface area contributed by atoms with Gasteiger partial charge in [-0.2, -0.15) is 0 Å². The molecule has 1 aromatic heterocycles. The van der Waals surface area contributed by atoms with Gasteiger partial charge in [-0.05, 0) is 45.2 Å². The number of aromatic nitrogens is 1. The molecule has 0 saturated carbocycles. The molecule has 3 aliphatic heterocycles. The van der Waals surface area contributed by atoms with E-state index >= 15 is 0 Å². The fraction of sp³-hybridized carbons (Fsp3) is 0.643. The fourth-order valence-corrected chi connectivity index (χ4v) is 6.20. The lowest BCUT2D eigenvalue weighted by Crippen LogP contribution is -2.74. The molecule has 2 amide bonds. The SMILES string of the molecule is CCCCOCCO[C@H]1c2c([nH]c3cc(OC)ccc23)[C@H](CC(C)(C)O)N2C(=O)[C@@H]3CCCN3C(=O)[C@@]12O. The maximum absolute atomic E-state index is 14.1. The lowest BCUT2D eigenvalue weighted by Gasteiger charge is -2.56. The average molecular weight is 530 g/mol. The standard InChI is InChI=1S/C28H39N3O7/c1-5-6-12-37-13-14-38-24-22-18-10-9-17(36-4)15-19(18)29-23(22)21(16-27(2,3)34)31-25(32)20-8-7-11-30(20)26(33)28(24,31)35/h9-10,15,20-21,24,29,34-35H,5-8,11-14,16H2,1-4H3/t20-,21-,24-,28-/m0/s1. The first kappa shape index (κ1) is 26.9. The number of piperazine rings is 1. The van der Waals surface area contributed by atoms with Crippen molar-refractivity contribution in [3.05, 3.63) is 29.5 Å². The number of fused-ring (bicyclic) bond motifs is 5. The molecule has 2 aromatic rings. The molecule has 4 heterocycles. The summed E-state index contributed by atoms with van der Waals surface area (Å²) in [5.74, 6) is -0.222. The molecule has 0 aliphatic carbocycles. The molecule has 38 heavy (non-hydrogen) atoms. The van der Waals surface area contributed by atoms with Crippen LogP contribution < -0.4 is 4.74 Å². The van der Waals surface area contributed by atoms with Gasteiger partial charge in [-0.3, -0.25) is 14.5 Å². The Morgan fingerprint density at radius 3 is 2.71 bits per heavy atom. The second-order valence-corrected chi connectivity index (χ2v) is 11.2. The quantitative estimate of drug-likeness (QED) is 0.404. The average Bonchev–Trinajstić information content (AvgIpc) is 3.50. The Hall–Kier alpha value is -2.66. The minimum Gasteiger partial charge on any atom is -0.497 e. The van der Waals surface area contributed by atoms with E-state index in [-0.39, 0.29) is 18.9 Å².